The highest BCUT2D eigenvalue weighted by Gasteiger charge is 2.19. The molecule has 1 aliphatic rings. The average molecular weight is 353 g/mol. The zero-order valence-corrected chi connectivity index (χ0v) is 14.4. The van der Waals surface area contributed by atoms with Crippen molar-refractivity contribution in [2.75, 3.05) is 25.1 Å². The quantitative estimate of drug-likeness (QED) is 0.750. The van der Waals surface area contributed by atoms with Crippen LogP contribution in [0.4, 0.5) is 5.69 Å². The van der Waals surface area contributed by atoms with Gasteiger partial charge in [0, 0.05) is 36.5 Å². The summed E-state index contributed by atoms with van der Waals surface area (Å²) < 4.78 is 11.0. The third-order valence-corrected chi connectivity index (χ3v) is 4.74. The van der Waals surface area contributed by atoms with E-state index in [-0.39, 0.29) is 28.2 Å². The number of rotatable bonds is 3. The van der Waals surface area contributed by atoms with Crippen molar-refractivity contribution in [2.45, 2.75) is 12.8 Å². The van der Waals surface area contributed by atoms with E-state index in [1.54, 1.807) is 0 Å². The average Bonchev–Trinajstić information content (AvgIpc) is 3.16. The van der Waals surface area contributed by atoms with Crippen molar-refractivity contribution in [2.24, 2.45) is 0 Å². The number of aromatic hydroxyl groups is 2. The molecule has 2 aromatic carbocycles. The van der Waals surface area contributed by atoms with Crippen molar-refractivity contribution >= 4 is 16.7 Å². The molecule has 0 spiro atoms. The molecule has 0 radical (unpaired) electrons. The molecule has 26 heavy (non-hydrogen) atoms. The van der Waals surface area contributed by atoms with Crippen molar-refractivity contribution in [3.05, 3.63) is 46.6 Å². The fraction of sp³-hybridized carbons (Fsp3) is 0.250. The van der Waals surface area contributed by atoms with Crippen molar-refractivity contribution in [3.63, 3.8) is 0 Å². The van der Waals surface area contributed by atoms with Crippen LogP contribution in [-0.4, -0.2) is 30.4 Å². The number of methoxy groups -OCH3 is 1. The van der Waals surface area contributed by atoms with Gasteiger partial charge in [0.15, 0.2) is 16.8 Å². The second-order valence-electron chi connectivity index (χ2n) is 6.37. The van der Waals surface area contributed by atoms with Crippen LogP contribution in [0.2, 0.25) is 0 Å². The van der Waals surface area contributed by atoms with Gasteiger partial charge in [0.1, 0.15) is 16.9 Å². The van der Waals surface area contributed by atoms with E-state index in [9.17, 15) is 15.0 Å². The smallest absolute Gasteiger partial charge is 0.204 e. The van der Waals surface area contributed by atoms with E-state index in [1.807, 2.05) is 24.3 Å². The van der Waals surface area contributed by atoms with Crippen LogP contribution < -0.4 is 15.1 Å². The van der Waals surface area contributed by atoms with Crippen molar-refractivity contribution in [3.8, 4) is 28.6 Å². The second-order valence-corrected chi connectivity index (χ2v) is 6.37. The lowest BCUT2D eigenvalue weighted by Crippen LogP contribution is -2.17. The molecule has 6 nitrogen and oxygen atoms in total. The number of anilines is 1. The lowest BCUT2D eigenvalue weighted by atomic mass is 10.1. The number of nitrogens with zero attached hydrogens (tertiary/aromatic N) is 1. The molecule has 0 atom stereocenters. The third kappa shape index (κ3) is 2.63. The SMILES string of the molecule is COc1c(O)cc(O)c2c(=O)cc(-c3ccc(N4CCCC4)cc3)oc12. The Morgan fingerprint density at radius 2 is 1.73 bits per heavy atom. The molecule has 1 aliphatic heterocycles. The number of benzene rings is 2. The Morgan fingerprint density at radius 3 is 2.38 bits per heavy atom. The molecule has 4 rings (SSSR count). The molecule has 1 aromatic heterocycles. The predicted molar refractivity (Wildman–Crippen MR) is 99.2 cm³/mol. The molecule has 0 unspecified atom stereocenters. The Bertz CT molecular complexity index is 1020. The van der Waals surface area contributed by atoms with Gasteiger partial charge in [-0.15, -0.1) is 0 Å². The standard InChI is InChI=1S/C20H19NO5/c1-25-19-16(24)10-14(22)18-15(23)11-17(26-20(18)19)12-4-6-13(7-5-12)21-8-2-3-9-21/h4-7,10-11,22,24H,2-3,8-9H2,1H3. The van der Waals surface area contributed by atoms with E-state index < -0.39 is 5.43 Å². The van der Waals surface area contributed by atoms with Crippen molar-refractivity contribution in [1.82, 2.24) is 0 Å². The summed E-state index contributed by atoms with van der Waals surface area (Å²) in [4.78, 5) is 14.8. The van der Waals surface area contributed by atoms with E-state index in [1.165, 1.54) is 26.0 Å². The number of hydrogen-bond acceptors (Lipinski definition) is 6. The van der Waals surface area contributed by atoms with Crippen molar-refractivity contribution < 1.29 is 19.4 Å². The lowest BCUT2D eigenvalue weighted by molar-refractivity contribution is 0.367. The zero-order chi connectivity index (χ0) is 18.3. The maximum Gasteiger partial charge on any atom is 0.204 e. The summed E-state index contributed by atoms with van der Waals surface area (Å²) in [6.45, 7) is 2.11. The summed E-state index contributed by atoms with van der Waals surface area (Å²) in [6.07, 6.45) is 2.40. The van der Waals surface area contributed by atoms with Gasteiger partial charge < -0.3 is 24.3 Å². The first-order chi connectivity index (χ1) is 12.6. The molecule has 0 bridgehead atoms. The van der Waals surface area contributed by atoms with Crippen LogP contribution in [-0.2, 0) is 0 Å². The van der Waals surface area contributed by atoms with Gasteiger partial charge in [-0.3, -0.25) is 4.79 Å². The normalized spacial score (nSPS) is 14.1. The molecular formula is C20H19NO5. The Hall–Kier alpha value is -3.15. The summed E-state index contributed by atoms with van der Waals surface area (Å²) in [5.41, 5.74) is 1.50. The Labute approximate surface area is 149 Å². The van der Waals surface area contributed by atoms with E-state index in [4.69, 9.17) is 9.15 Å². The number of phenolic OH excluding ortho intramolecular Hbond substituents is 2. The van der Waals surface area contributed by atoms with Gasteiger partial charge in [-0.05, 0) is 37.1 Å². The summed E-state index contributed by atoms with van der Waals surface area (Å²) >= 11 is 0. The summed E-state index contributed by atoms with van der Waals surface area (Å²) in [5.74, 6) is -0.269. The van der Waals surface area contributed by atoms with Crippen LogP contribution in [0.1, 0.15) is 12.8 Å². The molecule has 2 N–H and O–H groups in total. The molecule has 3 aromatic rings. The highest BCUT2D eigenvalue weighted by atomic mass is 16.5. The fourth-order valence-corrected chi connectivity index (χ4v) is 3.43. The summed E-state index contributed by atoms with van der Waals surface area (Å²) in [6, 6.07) is 10.2. The maximum atomic E-state index is 12.5. The Kier molecular flexibility index (Phi) is 3.95. The second kappa shape index (κ2) is 6.29. The van der Waals surface area contributed by atoms with Gasteiger partial charge in [0.25, 0.3) is 0 Å². The molecular weight excluding hydrogens is 334 g/mol. The van der Waals surface area contributed by atoms with Crippen LogP contribution in [0, 0.1) is 0 Å². The maximum absolute atomic E-state index is 12.5. The Morgan fingerprint density at radius 1 is 1.04 bits per heavy atom. The predicted octanol–water partition coefficient (Wildman–Crippen LogP) is 3.48. The van der Waals surface area contributed by atoms with Gasteiger partial charge in [-0.25, -0.2) is 0 Å². The molecule has 134 valence electrons. The van der Waals surface area contributed by atoms with Crippen LogP contribution in [0.25, 0.3) is 22.3 Å². The van der Waals surface area contributed by atoms with Crippen molar-refractivity contribution in [1.29, 1.82) is 0 Å². The number of fused-ring (bicyclic) bond motifs is 1. The monoisotopic (exact) mass is 353 g/mol. The molecule has 6 heteroatoms. The Balaban J connectivity index is 1.83. The lowest BCUT2D eigenvalue weighted by Gasteiger charge is -2.17. The van der Waals surface area contributed by atoms with E-state index in [2.05, 4.69) is 4.90 Å². The molecule has 1 saturated heterocycles. The van der Waals surface area contributed by atoms with Gasteiger partial charge in [0.05, 0.1) is 7.11 Å². The van der Waals surface area contributed by atoms with E-state index in [0.29, 0.717) is 5.76 Å². The largest absolute Gasteiger partial charge is 0.507 e. The minimum Gasteiger partial charge on any atom is -0.507 e. The summed E-state index contributed by atoms with van der Waals surface area (Å²) in [5, 5.41) is 19.9. The molecule has 0 saturated carbocycles. The molecule has 1 fully saturated rings. The molecule has 0 aliphatic carbocycles. The first kappa shape index (κ1) is 16.3. The first-order valence-electron chi connectivity index (χ1n) is 8.50. The molecule has 0 amide bonds. The topological polar surface area (TPSA) is 83.1 Å². The van der Waals surface area contributed by atoms with Gasteiger partial charge in [-0.2, -0.15) is 0 Å². The van der Waals surface area contributed by atoms with Gasteiger partial charge >= 0.3 is 0 Å². The molecule has 2 heterocycles. The fourth-order valence-electron chi connectivity index (χ4n) is 3.43. The van der Waals surface area contributed by atoms with E-state index >= 15 is 0 Å². The number of hydrogen-bond donors (Lipinski definition) is 2. The van der Waals surface area contributed by atoms with Crippen LogP contribution in [0.5, 0.6) is 17.2 Å². The van der Waals surface area contributed by atoms with Crippen LogP contribution >= 0.6 is 0 Å². The van der Waals surface area contributed by atoms with Crippen LogP contribution in [0.15, 0.2) is 45.6 Å². The minimum atomic E-state index is -0.402. The summed E-state index contributed by atoms with van der Waals surface area (Å²) in [7, 11) is 1.36. The van der Waals surface area contributed by atoms with Crippen LogP contribution in [0.3, 0.4) is 0 Å². The number of ether oxygens (including phenoxy) is 1. The zero-order valence-electron chi connectivity index (χ0n) is 14.4. The van der Waals surface area contributed by atoms with Gasteiger partial charge in [0.2, 0.25) is 5.75 Å². The highest BCUT2D eigenvalue weighted by molar-refractivity contribution is 5.91. The first-order valence-corrected chi connectivity index (χ1v) is 8.50. The number of phenols is 2. The highest BCUT2D eigenvalue weighted by Crippen LogP contribution is 2.40. The van der Waals surface area contributed by atoms with E-state index in [0.717, 1.165) is 30.4 Å². The third-order valence-electron chi connectivity index (χ3n) is 4.74. The minimum absolute atomic E-state index is 0.0166. The van der Waals surface area contributed by atoms with Gasteiger partial charge in [-0.1, -0.05) is 0 Å².